The highest BCUT2D eigenvalue weighted by Crippen LogP contribution is 2.34. The predicted octanol–water partition coefficient (Wildman–Crippen LogP) is 3.29. The molecule has 31 heavy (non-hydrogen) atoms. The zero-order valence-electron chi connectivity index (χ0n) is 19.3. The lowest BCUT2D eigenvalue weighted by atomic mass is 9.89. The minimum atomic E-state index is 0.162. The summed E-state index contributed by atoms with van der Waals surface area (Å²) < 4.78 is 0. The average molecular weight is 420 g/mol. The molecule has 3 heterocycles. The summed E-state index contributed by atoms with van der Waals surface area (Å²) in [5, 5.41) is 7.47. The van der Waals surface area contributed by atoms with Gasteiger partial charge in [-0.25, -0.2) is 0 Å². The number of nitrogens with zero attached hydrogens (tertiary/aromatic N) is 3. The third-order valence-corrected chi connectivity index (χ3v) is 7.40. The number of benzene rings is 1. The SMILES string of the molecule is CN(C[C@H]1Cc2c(cccc2N2CCNC(C)(C)C2)CN1)[C@H]1CCCc2cccnc21. The van der Waals surface area contributed by atoms with E-state index in [0.29, 0.717) is 12.1 Å². The van der Waals surface area contributed by atoms with E-state index in [9.17, 15) is 0 Å². The molecule has 5 heteroatoms. The summed E-state index contributed by atoms with van der Waals surface area (Å²) in [6.07, 6.45) is 6.71. The summed E-state index contributed by atoms with van der Waals surface area (Å²) in [4.78, 5) is 9.91. The molecular formula is C26H37N5. The number of aromatic nitrogens is 1. The molecule has 0 amide bonds. The predicted molar refractivity (Wildman–Crippen MR) is 128 cm³/mol. The molecule has 5 rings (SSSR count). The Hall–Kier alpha value is -1.95. The first-order valence-electron chi connectivity index (χ1n) is 12.0. The molecule has 5 nitrogen and oxygen atoms in total. The Labute approximate surface area is 187 Å². The zero-order valence-corrected chi connectivity index (χ0v) is 19.3. The molecule has 3 aliphatic rings. The number of likely N-dealkylation sites (N-methyl/N-ethyl adjacent to an activating group) is 1. The van der Waals surface area contributed by atoms with Crippen molar-refractivity contribution in [2.45, 2.75) is 63.7 Å². The highest BCUT2D eigenvalue weighted by molar-refractivity contribution is 5.58. The lowest BCUT2D eigenvalue weighted by Gasteiger charge is -2.42. The molecule has 1 aromatic heterocycles. The van der Waals surface area contributed by atoms with Crippen LogP contribution in [0.1, 0.15) is 55.1 Å². The summed E-state index contributed by atoms with van der Waals surface area (Å²) >= 11 is 0. The molecule has 0 bridgehead atoms. The Morgan fingerprint density at radius 3 is 2.94 bits per heavy atom. The van der Waals surface area contributed by atoms with Gasteiger partial charge in [0.2, 0.25) is 0 Å². The van der Waals surface area contributed by atoms with Gasteiger partial charge in [-0.2, -0.15) is 0 Å². The van der Waals surface area contributed by atoms with Gasteiger partial charge in [-0.3, -0.25) is 9.88 Å². The number of nitrogens with one attached hydrogen (secondary N) is 2. The van der Waals surface area contributed by atoms with Crippen LogP contribution in [0.4, 0.5) is 5.69 Å². The van der Waals surface area contributed by atoms with Gasteiger partial charge in [0.15, 0.2) is 0 Å². The fourth-order valence-corrected chi connectivity index (χ4v) is 5.86. The number of pyridine rings is 1. The third-order valence-electron chi connectivity index (χ3n) is 7.40. The van der Waals surface area contributed by atoms with Crippen molar-refractivity contribution in [2.75, 3.05) is 38.1 Å². The van der Waals surface area contributed by atoms with Crippen molar-refractivity contribution in [1.29, 1.82) is 0 Å². The van der Waals surface area contributed by atoms with Gasteiger partial charge in [-0.1, -0.05) is 18.2 Å². The van der Waals surface area contributed by atoms with Crippen LogP contribution in [0.2, 0.25) is 0 Å². The second-order valence-electron chi connectivity index (χ2n) is 10.3. The smallest absolute Gasteiger partial charge is 0.0607 e. The van der Waals surface area contributed by atoms with Gasteiger partial charge >= 0.3 is 0 Å². The number of hydrogen-bond donors (Lipinski definition) is 2. The van der Waals surface area contributed by atoms with Crippen molar-refractivity contribution < 1.29 is 0 Å². The van der Waals surface area contributed by atoms with Crippen LogP contribution in [0, 0.1) is 0 Å². The molecule has 2 N–H and O–H groups in total. The van der Waals surface area contributed by atoms with E-state index in [1.165, 1.54) is 41.8 Å². The first-order valence-corrected chi connectivity index (χ1v) is 12.0. The van der Waals surface area contributed by atoms with Gasteiger partial charge in [0.25, 0.3) is 0 Å². The molecule has 2 aromatic rings. The van der Waals surface area contributed by atoms with E-state index in [1.54, 1.807) is 5.56 Å². The van der Waals surface area contributed by atoms with Crippen LogP contribution in [0.3, 0.4) is 0 Å². The van der Waals surface area contributed by atoms with Crippen LogP contribution in [0.15, 0.2) is 36.5 Å². The first kappa shape index (κ1) is 20.9. The highest BCUT2D eigenvalue weighted by atomic mass is 15.2. The number of hydrogen-bond acceptors (Lipinski definition) is 5. The molecule has 166 valence electrons. The minimum Gasteiger partial charge on any atom is -0.368 e. The van der Waals surface area contributed by atoms with Gasteiger partial charge in [-0.15, -0.1) is 0 Å². The highest BCUT2D eigenvalue weighted by Gasteiger charge is 2.31. The summed E-state index contributed by atoms with van der Waals surface area (Å²) in [6.45, 7) is 9.84. The molecule has 0 saturated carbocycles. The molecule has 1 saturated heterocycles. The summed E-state index contributed by atoms with van der Waals surface area (Å²) in [5.41, 5.74) is 7.38. The molecule has 2 atom stereocenters. The second kappa shape index (κ2) is 8.53. The van der Waals surface area contributed by atoms with Crippen LogP contribution >= 0.6 is 0 Å². The quantitative estimate of drug-likeness (QED) is 0.796. The maximum atomic E-state index is 4.77. The topological polar surface area (TPSA) is 43.4 Å². The Balaban J connectivity index is 1.32. The van der Waals surface area contributed by atoms with Crippen LogP contribution in [-0.4, -0.2) is 54.7 Å². The van der Waals surface area contributed by atoms with E-state index in [1.807, 2.05) is 6.20 Å². The Morgan fingerprint density at radius 1 is 1.19 bits per heavy atom. The van der Waals surface area contributed by atoms with Crippen LogP contribution in [0.5, 0.6) is 0 Å². The normalized spacial score (nSPS) is 25.2. The van der Waals surface area contributed by atoms with Gasteiger partial charge in [0.05, 0.1) is 11.7 Å². The molecule has 0 radical (unpaired) electrons. The van der Waals surface area contributed by atoms with E-state index in [0.717, 1.165) is 39.1 Å². The van der Waals surface area contributed by atoms with Crippen molar-refractivity contribution in [3.05, 3.63) is 58.9 Å². The number of piperazine rings is 1. The van der Waals surface area contributed by atoms with E-state index in [2.05, 4.69) is 71.7 Å². The van der Waals surface area contributed by atoms with Crippen LogP contribution in [0.25, 0.3) is 0 Å². The largest absolute Gasteiger partial charge is 0.368 e. The Kier molecular flexibility index (Phi) is 5.76. The van der Waals surface area contributed by atoms with E-state index in [4.69, 9.17) is 4.98 Å². The molecule has 1 fully saturated rings. The monoisotopic (exact) mass is 419 g/mol. The van der Waals surface area contributed by atoms with Crippen molar-refractivity contribution >= 4 is 5.69 Å². The first-order chi connectivity index (χ1) is 15.0. The molecule has 0 spiro atoms. The second-order valence-corrected chi connectivity index (χ2v) is 10.3. The molecule has 2 aliphatic heterocycles. The fourth-order valence-electron chi connectivity index (χ4n) is 5.86. The van der Waals surface area contributed by atoms with Crippen molar-refractivity contribution in [3.8, 4) is 0 Å². The van der Waals surface area contributed by atoms with E-state index < -0.39 is 0 Å². The van der Waals surface area contributed by atoms with Gasteiger partial charge in [0, 0.05) is 56.2 Å². The van der Waals surface area contributed by atoms with Gasteiger partial charge < -0.3 is 15.5 Å². The third kappa shape index (κ3) is 4.36. The van der Waals surface area contributed by atoms with Gasteiger partial charge in [-0.05, 0) is 75.4 Å². The van der Waals surface area contributed by atoms with Crippen LogP contribution < -0.4 is 15.5 Å². The number of fused-ring (bicyclic) bond motifs is 2. The molecule has 1 aromatic carbocycles. The molecule has 0 unspecified atom stereocenters. The lowest BCUT2D eigenvalue weighted by Crippen LogP contribution is -2.57. The number of rotatable bonds is 4. The van der Waals surface area contributed by atoms with E-state index >= 15 is 0 Å². The van der Waals surface area contributed by atoms with Gasteiger partial charge in [0.1, 0.15) is 0 Å². The standard InChI is InChI=1S/C26H37N5/c1-26(2)18-31(14-13-29-26)23-10-5-8-20-16-28-21(15-22(20)23)17-30(3)24-11-4-7-19-9-6-12-27-25(19)24/h5-6,8-10,12,21,24,28-29H,4,7,11,13-18H2,1-3H3/t21-,24+/m1/s1. The van der Waals surface area contributed by atoms with Crippen molar-refractivity contribution in [3.63, 3.8) is 0 Å². The van der Waals surface area contributed by atoms with Crippen LogP contribution in [-0.2, 0) is 19.4 Å². The zero-order chi connectivity index (χ0) is 21.4. The Morgan fingerprint density at radius 2 is 2.06 bits per heavy atom. The maximum Gasteiger partial charge on any atom is 0.0607 e. The number of aryl methyl sites for hydroxylation is 1. The molecule has 1 aliphatic carbocycles. The average Bonchev–Trinajstić information content (AvgIpc) is 2.77. The summed E-state index contributed by atoms with van der Waals surface area (Å²) in [5.74, 6) is 0. The Bertz CT molecular complexity index is 924. The summed E-state index contributed by atoms with van der Waals surface area (Å²) in [6, 6.07) is 12.1. The lowest BCUT2D eigenvalue weighted by molar-refractivity contribution is 0.191. The fraction of sp³-hybridized carbons (Fsp3) is 0.577. The number of anilines is 1. The van der Waals surface area contributed by atoms with E-state index in [-0.39, 0.29) is 5.54 Å². The molecular weight excluding hydrogens is 382 g/mol. The van der Waals surface area contributed by atoms with Crippen molar-refractivity contribution in [2.24, 2.45) is 0 Å². The minimum absolute atomic E-state index is 0.162. The maximum absolute atomic E-state index is 4.77. The summed E-state index contributed by atoms with van der Waals surface area (Å²) in [7, 11) is 2.29. The van der Waals surface area contributed by atoms with Crippen molar-refractivity contribution in [1.82, 2.24) is 20.5 Å².